The van der Waals surface area contributed by atoms with Crippen LogP contribution in [-0.2, 0) is 20.5 Å². The van der Waals surface area contributed by atoms with Crippen LogP contribution in [0.25, 0.3) is 10.8 Å². The molecule has 0 aromatic heterocycles. The van der Waals surface area contributed by atoms with Gasteiger partial charge in [0.1, 0.15) is 11.0 Å². The molecule has 0 saturated heterocycles. The minimum Gasteiger partial charge on any atom is -0.469 e. The number of benzene rings is 2. The average Bonchev–Trinajstić information content (AvgIpc) is 2.95. The predicted molar refractivity (Wildman–Crippen MR) is 102 cm³/mol. The lowest BCUT2D eigenvalue weighted by Crippen LogP contribution is -2.30. The van der Waals surface area contributed by atoms with Crippen molar-refractivity contribution < 1.29 is 18.5 Å². The molecule has 138 valence electrons. The van der Waals surface area contributed by atoms with Crippen molar-refractivity contribution in [3.63, 3.8) is 0 Å². The molecule has 2 aromatic rings. The van der Waals surface area contributed by atoms with Gasteiger partial charge in [-0.3, -0.25) is 9.59 Å². The van der Waals surface area contributed by atoms with Crippen molar-refractivity contribution in [3.05, 3.63) is 35.9 Å². The summed E-state index contributed by atoms with van der Waals surface area (Å²) < 4.78 is 20.5. The monoisotopic (exact) mass is 374 g/mol. The van der Waals surface area contributed by atoms with Gasteiger partial charge in [0.2, 0.25) is 0 Å². The van der Waals surface area contributed by atoms with Crippen molar-refractivity contribution in [1.29, 1.82) is 0 Å². The van der Waals surface area contributed by atoms with Crippen molar-refractivity contribution >= 4 is 39.3 Å². The first-order valence-corrected chi connectivity index (χ1v) is 9.79. The number of carbonyl (C=O) groups excluding carboxylic acids is 2. The van der Waals surface area contributed by atoms with E-state index in [2.05, 4.69) is 4.72 Å². The van der Waals surface area contributed by atoms with Gasteiger partial charge in [0.05, 0.1) is 23.6 Å². The lowest BCUT2D eigenvalue weighted by Gasteiger charge is -2.16. The number of hydrogen-bond donors (Lipinski definition) is 1. The molecule has 2 atom stereocenters. The minimum absolute atomic E-state index is 0.0271. The van der Waals surface area contributed by atoms with Crippen LogP contribution in [0.1, 0.15) is 30.6 Å². The third kappa shape index (κ3) is 3.01. The number of nitrogens with one attached hydrogen (secondary N) is 1. The lowest BCUT2D eigenvalue weighted by molar-refractivity contribution is -0.145. The summed E-state index contributed by atoms with van der Waals surface area (Å²) in [7, 11) is -0.151. The Morgan fingerprint density at radius 2 is 2.04 bits per heavy atom. The summed E-state index contributed by atoms with van der Waals surface area (Å²) in [6.45, 7) is 4.66. The van der Waals surface area contributed by atoms with Gasteiger partial charge in [0, 0.05) is 29.4 Å². The molecule has 3 rings (SSSR count). The summed E-state index contributed by atoms with van der Waals surface area (Å²) in [6, 6.07) is 9.11. The van der Waals surface area contributed by atoms with Crippen LogP contribution in [0.2, 0.25) is 0 Å². The zero-order chi connectivity index (χ0) is 18.8. The van der Waals surface area contributed by atoms with Crippen molar-refractivity contribution in [1.82, 2.24) is 4.72 Å². The molecule has 1 aliphatic heterocycles. The normalized spacial score (nSPS) is 15.3. The summed E-state index contributed by atoms with van der Waals surface area (Å²) in [4.78, 5) is 26.6. The van der Waals surface area contributed by atoms with Crippen LogP contribution in [0.3, 0.4) is 0 Å². The second kappa shape index (κ2) is 7.55. The number of amides is 1. The number of hydrogen-bond acceptors (Lipinski definition) is 4. The fourth-order valence-electron chi connectivity index (χ4n) is 3.31. The minimum atomic E-state index is -1.50. The molecule has 0 fully saturated rings. The van der Waals surface area contributed by atoms with Gasteiger partial charge in [-0.1, -0.05) is 19.1 Å². The first-order chi connectivity index (χ1) is 12.5. The topological polar surface area (TPSA) is 75.7 Å². The number of carbonyl (C=O) groups is 2. The second-order valence-corrected chi connectivity index (χ2v) is 7.37. The fraction of sp³-hybridized carbons (Fsp3) is 0.368. The van der Waals surface area contributed by atoms with E-state index < -0.39 is 11.0 Å². The van der Waals surface area contributed by atoms with Gasteiger partial charge in [0.15, 0.2) is 0 Å². The van der Waals surface area contributed by atoms with E-state index >= 15 is 0 Å². The Morgan fingerprint density at radius 3 is 2.69 bits per heavy atom. The van der Waals surface area contributed by atoms with E-state index in [0.717, 1.165) is 16.5 Å². The third-order valence-electron chi connectivity index (χ3n) is 4.75. The van der Waals surface area contributed by atoms with E-state index in [4.69, 9.17) is 4.74 Å². The standard InChI is InChI=1S/C19H22N2O4S/c1-4-12(19(23)25-3)11-20-26(24)16-10-9-15-17-13(16)7-6-8-14(17)18(22)21(15)5-2/h6-10,12,20H,4-5,11H2,1-3H3. The molecule has 0 bridgehead atoms. The molecule has 26 heavy (non-hydrogen) atoms. The van der Waals surface area contributed by atoms with E-state index in [1.807, 2.05) is 32.0 Å². The van der Waals surface area contributed by atoms with Gasteiger partial charge in [0.25, 0.3) is 5.91 Å². The molecule has 1 amide bonds. The summed E-state index contributed by atoms with van der Waals surface area (Å²) in [6.07, 6.45) is 0.598. The van der Waals surface area contributed by atoms with Crippen molar-refractivity contribution in [2.45, 2.75) is 25.2 Å². The molecular formula is C19H22N2O4S. The number of rotatable bonds is 7. The fourth-order valence-corrected chi connectivity index (χ4v) is 4.38. The van der Waals surface area contributed by atoms with Crippen LogP contribution in [0, 0.1) is 5.92 Å². The SMILES string of the molecule is CCC(CNS(=O)c1ccc2c3c(cccc13)C(=O)N2CC)C(=O)OC. The van der Waals surface area contributed by atoms with Crippen LogP contribution in [0.4, 0.5) is 5.69 Å². The number of nitrogens with zero attached hydrogens (tertiary/aromatic N) is 1. The number of anilines is 1. The molecule has 1 aliphatic rings. The smallest absolute Gasteiger partial charge is 0.309 e. The Kier molecular flexibility index (Phi) is 5.38. The number of ether oxygens (including phenoxy) is 1. The summed E-state index contributed by atoms with van der Waals surface area (Å²) in [5, 5.41) is 1.63. The quantitative estimate of drug-likeness (QED) is 0.756. The molecule has 6 nitrogen and oxygen atoms in total. The van der Waals surface area contributed by atoms with Gasteiger partial charge < -0.3 is 9.64 Å². The maximum absolute atomic E-state index is 12.8. The Morgan fingerprint density at radius 1 is 1.27 bits per heavy atom. The highest BCUT2D eigenvalue weighted by Crippen LogP contribution is 2.39. The molecule has 0 spiro atoms. The first-order valence-electron chi connectivity index (χ1n) is 8.64. The maximum atomic E-state index is 12.8. The molecule has 2 unspecified atom stereocenters. The highest BCUT2D eigenvalue weighted by atomic mass is 32.2. The summed E-state index contributed by atoms with van der Waals surface area (Å²) >= 11 is 0. The van der Waals surface area contributed by atoms with Gasteiger partial charge >= 0.3 is 5.97 Å². The van der Waals surface area contributed by atoms with Crippen LogP contribution >= 0.6 is 0 Å². The average molecular weight is 374 g/mol. The number of esters is 1. The number of methoxy groups -OCH3 is 1. The van der Waals surface area contributed by atoms with E-state index in [1.165, 1.54) is 7.11 Å². The van der Waals surface area contributed by atoms with E-state index in [-0.39, 0.29) is 24.3 Å². The molecular weight excluding hydrogens is 352 g/mol. The molecule has 0 saturated carbocycles. The largest absolute Gasteiger partial charge is 0.469 e. The van der Waals surface area contributed by atoms with Gasteiger partial charge in [-0.2, -0.15) is 0 Å². The molecule has 1 heterocycles. The van der Waals surface area contributed by atoms with E-state index in [1.54, 1.807) is 17.0 Å². The maximum Gasteiger partial charge on any atom is 0.309 e. The first kappa shape index (κ1) is 18.5. The lowest BCUT2D eigenvalue weighted by atomic mass is 10.1. The summed E-state index contributed by atoms with van der Waals surface area (Å²) in [5.74, 6) is -0.694. The third-order valence-corrected chi connectivity index (χ3v) is 5.93. The molecule has 2 aromatic carbocycles. The van der Waals surface area contributed by atoms with Crippen LogP contribution in [0.15, 0.2) is 35.2 Å². The van der Waals surface area contributed by atoms with E-state index in [9.17, 15) is 13.8 Å². The van der Waals surface area contributed by atoms with Crippen molar-refractivity contribution in [2.24, 2.45) is 5.92 Å². The molecule has 0 radical (unpaired) electrons. The van der Waals surface area contributed by atoms with E-state index in [0.29, 0.717) is 23.4 Å². The van der Waals surface area contributed by atoms with Gasteiger partial charge in [-0.15, -0.1) is 0 Å². The summed E-state index contributed by atoms with van der Waals surface area (Å²) in [5.41, 5.74) is 1.49. The zero-order valence-electron chi connectivity index (χ0n) is 15.1. The van der Waals surface area contributed by atoms with Crippen LogP contribution in [0.5, 0.6) is 0 Å². The van der Waals surface area contributed by atoms with Crippen LogP contribution in [-0.4, -0.2) is 36.3 Å². The highest BCUT2D eigenvalue weighted by molar-refractivity contribution is 7.83. The predicted octanol–water partition coefficient (Wildman–Crippen LogP) is 2.63. The molecule has 7 heteroatoms. The van der Waals surface area contributed by atoms with Gasteiger partial charge in [-0.25, -0.2) is 8.93 Å². The Hall–Kier alpha value is -2.25. The molecule has 1 N–H and O–H groups in total. The van der Waals surface area contributed by atoms with Crippen molar-refractivity contribution in [2.75, 3.05) is 25.1 Å². The van der Waals surface area contributed by atoms with Gasteiger partial charge in [-0.05, 0) is 31.5 Å². The van der Waals surface area contributed by atoms with Crippen LogP contribution < -0.4 is 9.62 Å². The Labute approximate surface area is 155 Å². The Balaban J connectivity index is 1.93. The highest BCUT2D eigenvalue weighted by Gasteiger charge is 2.30. The van der Waals surface area contributed by atoms with Crippen molar-refractivity contribution in [3.8, 4) is 0 Å². The zero-order valence-corrected chi connectivity index (χ0v) is 15.9. The molecule has 0 aliphatic carbocycles. The second-order valence-electron chi connectivity index (χ2n) is 6.11. The Bertz CT molecular complexity index is 896.